The second-order valence-corrected chi connectivity index (χ2v) is 7.29. The SMILES string of the molecule is O=C(CN1CCC[C@H](c2noc(C3CC3)n2)C1)NC1CCOCC1. The van der Waals surface area contributed by atoms with Gasteiger partial charge in [-0.25, -0.2) is 0 Å². The molecule has 0 bridgehead atoms. The maximum atomic E-state index is 12.3. The highest BCUT2D eigenvalue weighted by atomic mass is 16.5. The molecular formula is C17H26N4O3. The second kappa shape index (κ2) is 7.19. The molecule has 1 atom stereocenters. The Morgan fingerprint density at radius 1 is 1.17 bits per heavy atom. The molecule has 2 saturated heterocycles. The van der Waals surface area contributed by atoms with Crippen molar-refractivity contribution in [2.75, 3.05) is 32.8 Å². The maximum Gasteiger partial charge on any atom is 0.234 e. The van der Waals surface area contributed by atoms with E-state index in [9.17, 15) is 4.79 Å². The first kappa shape index (κ1) is 16.0. The van der Waals surface area contributed by atoms with Crippen molar-refractivity contribution in [2.24, 2.45) is 0 Å². The molecule has 2 aliphatic heterocycles. The summed E-state index contributed by atoms with van der Waals surface area (Å²) in [7, 11) is 0. The Bertz CT molecular complexity index is 566. The number of hydrogen-bond acceptors (Lipinski definition) is 6. The van der Waals surface area contributed by atoms with E-state index in [1.807, 2.05) is 0 Å². The molecule has 4 rings (SSSR count). The van der Waals surface area contributed by atoms with Gasteiger partial charge >= 0.3 is 0 Å². The van der Waals surface area contributed by atoms with Gasteiger partial charge in [0.2, 0.25) is 11.8 Å². The van der Waals surface area contributed by atoms with Crippen molar-refractivity contribution < 1.29 is 14.1 Å². The van der Waals surface area contributed by atoms with E-state index >= 15 is 0 Å². The standard InChI is InChI=1S/C17H26N4O3/c22-15(18-14-5-8-23-9-6-14)11-21-7-1-2-13(10-21)16-19-17(24-20-16)12-3-4-12/h12-14H,1-11H2,(H,18,22)/t13-/m0/s1. The van der Waals surface area contributed by atoms with Crippen molar-refractivity contribution in [1.82, 2.24) is 20.4 Å². The molecule has 24 heavy (non-hydrogen) atoms. The fraction of sp³-hybridized carbons (Fsp3) is 0.824. The zero-order chi connectivity index (χ0) is 16.4. The van der Waals surface area contributed by atoms with Gasteiger partial charge in [0.05, 0.1) is 6.54 Å². The molecule has 1 N–H and O–H groups in total. The molecule has 7 heteroatoms. The lowest BCUT2D eigenvalue weighted by Crippen LogP contribution is -2.46. The summed E-state index contributed by atoms with van der Waals surface area (Å²) in [6, 6.07) is 0.269. The molecule has 0 unspecified atom stereocenters. The third-order valence-electron chi connectivity index (χ3n) is 5.21. The molecule has 1 amide bonds. The van der Waals surface area contributed by atoms with E-state index in [-0.39, 0.29) is 17.9 Å². The zero-order valence-electron chi connectivity index (χ0n) is 14.1. The van der Waals surface area contributed by atoms with Crippen LogP contribution >= 0.6 is 0 Å². The quantitative estimate of drug-likeness (QED) is 0.877. The number of aromatic nitrogens is 2. The number of nitrogens with one attached hydrogen (secondary N) is 1. The number of carbonyl (C=O) groups is 1. The Labute approximate surface area is 142 Å². The lowest BCUT2D eigenvalue weighted by Gasteiger charge is -2.31. The maximum absolute atomic E-state index is 12.3. The molecule has 1 aromatic heterocycles. The van der Waals surface area contributed by atoms with E-state index in [0.29, 0.717) is 12.5 Å². The lowest BCUT2D eigenvalue weighted by molar-refractivity contribution is -0.123. The first-order chi connectivity index (χ1) is 11.8. The highest BCUT2D eigenvalue weighted by Crippen LogP contribution is 2.39. The van der Waals surface area contributed by atoms with Gasteiger partial charge in [0.1, 0.15) is 0 Å². The fourth-order valence-corrected chi connectivity index (χ4v) is 3.64. The number of piperidine rings is 1. The molecule has 0 radical (unpaired) electrons. The van der Waals surface area contributed by atoms with Crippen LogP contribution in [0.25, 0.3) is 0 Å². The van der Waals surface area contributed by atoms with Gasteiger partial charge in [-0.3, -0.25) is 9.69 Å². The van der Waals surface area contributed by atoms with Crippen molar-refractivity contribution in [3.8, 4) is 0 Å². The van der Waals surface area contributed by atoms with Gasteiger partial charge in [-0.2, -0.15) is 4.98 Å². The fourth-order valence-electron chi connectivity index (χ4n) is 3.64. The summed E-state index contributed by atoms with van der Waals surface area (Å²) in [5.74, 6) is 2.53. The van der Waals surface area contributed by atoms with Gasteiger partial charge in [0.25, 0.3) is 0 Å². The van der Waals surface area contributed by atoms with Crippen LogP contribution in [0.3, 0.4) is 0 Å². The molecule has 3 heterocycles. The summed E-state index contributed by atoms with van der Waals surface area (Å²) >= 11 is 0. The number of amides is 1. The number of rotatable bonds is 5. The summed E-state index contributed by atoms with van der Waals surface area (Å²) in [6.07, 6.45) is 6.32. The Hall–Kier alpha value is -1.47. The van der Waals surface area contributed by atoms with Crippen molar-refractivity contribution >= 4 is 5.91 Å². The molecule has 3 aliphatic rings. The monoisotopic (exact) mass is 334 g/mol. The Morgan fingerprint density at radius 2 is 2.00 bits per heavy atom. The normalized spacial score (nSPS) is 26.4. The van der Waals surface area contributed by atoms with Crippen LogP contribution in [0.4, 0.5) is 0 Å². The summed E-state index contributed by atoms with van der Waals surface area (Å²) < 4.78 is 10.7. The summed E-state index contributed by atoms with van der Waals surface area (Å²) in [6.45, 7) is 3.76. The van der Waals surface area contributed by atoms with E-state index in [1.54, 1.807) is 0 Å². The molecule has 132 valence electrons. The second-order valence-electron chi connectivity index (χ2n) is 7.29. The van der Waals surface area contributed by atoms with Crippen molar-refractivity contribution in [1.29, 1.82) is 0 Å². The predicted octanol–water partition coefficient (Wildman–Crippen LogP) is 1.42. The summed E-state index contributed by atoms with van der Waals surface area (Å²) in [4.78, 5) is 19.1. The summed E-state index contributed by atoms with van der Waals surface area (Å²) in [5.41, 5.74) is 0. The van der Waals surface area contributed by atoms with Gasteiger partial charge in [-0.1, -0.05) is 5.16 Å². The Balaban J connectivity index is 1.28. The van der Waals surface area contributed by atoms with E-state index in [1.165, 1.54) is 12.8 Å². The minimum atomic E-state index is 0.120. The lowest BCUT2D eigenvalue weighted by atomic mass is 9.97. The molecule has 0 aromatic carbocycles. The summed E-state index contributed by atoms with van der Waals surface area (Å²) in [5, 5.41) is 7.32. The Morgan fingerprint density at radius 3 is 2.79 bits per heavy atom. The topological polar surface area (TPSA) is 80.5 Å². The predicted molar refractivity (Wildman–Crippen MR) is 86.7 cm³/mol. The van der Waals surface area contributed by atoms with Gasteiger partial charge in [0.15, 0.2) is 5.82 Å². The van der Waals surface area contributed by atoms with Crippen molar-refractivity contribution in [2.45, 2.75) is 56.4 Å². The first-order valence-electron chi connectivity index (χ1n) is 9.21. The van der Waals surface area contributed by atoms with Crippen LogP contribution < -0.4 is 5.32 Å². The van der Waals surface area contributed by atoms with E-state index in [0.717, 1.165) is 63.7 Å². The van der Waals surface area contributed by atoms with E-state index < -0.39 is 0 Å². The van der Waals surface area contributed by atoms with Crippen LogP contribution in [0.1, 0.15) is 62.1 Å². The van der Waals surface area contributed by atoms with Crippen LogP contribution in [0.15, 0.2) is 4.52 Å². The van der Waals surface area contributed by atoms with Crippen LogP contribution in [0, 0.1) is 0 Å². The average Bonchev–Trinajstić information content (AvgIpc) is 3.33. The first-order valence-corrected chi connectivity index (χ1v) is 9.21. The molecular weight excluding hydrogens is 308 g/mol. The van der Waals surface area contributed by atoms with Crippen LogP contribution in [-0.2, 0) is 9.53 Å². The molecule has 1 aromatic rings. The largest absolute Gasteiger partial charge is 0.381 e. The molecule has 0 spiro atoms. The van der Waals surface area contributed by atoms with Crippen LogP contribution in [-0.4, -0.2) is 59.8 Å². The molecule has 1 saturated carbocycles. The van der Waals surface area contributed by atoms with Crippen LogP contribution in [0.2, 0.25) is 0 Å². The van der Waals surface area contributed by atoms with E-state index in [4.69, 9.17) is 9.26 Å². The number of carbonyl (C=O) groups excluding carboxylic acids is 1. The third kappa shape index (κ3) is 3.95. The Kier molecular flexibility index (Phi) is 4.80. The number of nitrogens with zero attached hydrogens (tertiary/aromatic N) is 3. The number of ether oxygens (including phenoxy) is 1. The van der Waals surface area contributed by atoms with Gasteiger partial charge in [-0.05, 0) is 45.1 Å². The van der Waals surface area contributed by atoms with Gasteiger partial charge < -0.3 is 14.6 Å². The average molecular weight is 334 g/mol. The molecule has 3 fully saturated rings. The third-order valence-corrected chi connectivity index (χ3v) is 5.21. The highest BCUT2D eigenvalue weighted by Gasteiger charge is 2.32. The minimum absolute atomic E-state index is 0.120. The van der Waals surface area contributed by atoms with E-state index in [2.05, 4.69) is 20.4 Å². The highest BCUT2D eigenvalue weighted by molar-refractivity contribution is 5.78. The number of likely N-dealkylation sites (tertiary alicyclic amines) is 1. The van der Waals surface area contributed by atoms with Gasteiger partial charge in [-0.15, -0.1) is 0 Å². The van der Waals surface area contributed by atoms with Gasteiger partial charge in [0, 0.05) is 37.6 Å². The zero-order valence-corrected chi connectivity index (χ0v) is 14.1. The molecule has 7 nitrogen and oxygen atoms in total. The van der Waals surface area contributed by atoms with Crippen molar-refractivity contribution in [3.05, 3.63) is 11.7 Å². The smallest absolute Gasteiger partial charge is 0.234 e. The number of hydrogen-bond donors (Lipinski definition) is 1. The molecule has 1 aliphatic carbocycles. The van der Waals surface area contributed by atoms with Crippen molar-refractivity contribution in [3.63, 3.8) is 0 Å². The minimum Gasteiger partial charge on any atom is -0.381 e. The van der Waals surface area contributed by atoms with Crippen LogP contribution in [0.5, 0.6) is 0 Å².